The zero-order chi connectivity index (χ0) is 13.0. The fraction of sp³-hybridized carbons (Fsp3) is 0.500. The standard InChI is InChI=1S/C12H17N3O2S/c13-12(14-17)9-3-5-15(6-4-9)11(16)8-10-2-1-7-18-10/h1-2,7,9,17H,3-6,8H2,(H2,13,14). The van der Waals surface area contributed by atoms with Crippen LogP contribution in [-0.4, -0.2) is 34.9 Å². The normalized spacial score (nSPS) is 18.0. The molecule has 0 atom stereocenters. The van der Waals surface area contributed by atoms with E-state index in [4.69, 9.17) is 10.9 Å². The van der Waals surface area contributed by atoms with Gasteiger partial charge in [-0.25, -0.2) is 0 Å². The maximum absolute atomic E-state index is 12.0. The molecule has 5 nitrogen and oxygen atoms in total. The van der Waals surface area contributed by atoms with Gasteiger partial charge in [-0.1, -0.05) is 11.2 Å². The minimum absolute atomic E-state index is 0.0980. The second-order valence-corrected chi connectivity index (χ2v) is 5.47. The van der Waals surface area contributed by atoms with Gasteiger partial charge in [0.25, 0.3) is 0 Å². The van der Waals surface area contributed by atoms with E-state index >= 15 is 0 Å². The van der Waals surface area contributed by atoms with Crippen molar-refractivity contribution in [1.29, 1.82) is 0 Å². The molecule has 98 valence electrons. The lowest BCUT2D eigenvalue weighted by Gasteiger charge is -2.31. The molecule has 1 aromatic heterocycles. The third kappa shape index (κ3) is 3.01. The molecule has 18 heavy (non-hydrogen) atoms. The number of nitrogens with zero attached hydrogens (tertiary/aromatic N) is 2. The molecule has 6 heteroatoms. The minimum atomic E-state index is 0.0980. The first kappa shape index (κ1) is 12.9. The first-order valence-corrected chi connectivity index (χ1v) is 6.86. The zero-order valence-electron chi connectivity index (χ0n) is 10.1. The number of thiophene rings is 1. The largest absolute Gasteiger partial charge is 0.409 e. The Morgan fingerprint density at radius 1 is 1.56 bits per heavy atom. The Labute approximate surface area is 110 Å². The second-order valence-electron chi connectivity index (χ2n) is 4.44. The van der Waals surface area contributed by atoms with Crippen molar-refractivity contribution in [2.75, 3.05) is 13.1 Å². The van der Waals surface area contributed by atoms with Crippen molar-refractivity contribution in [3.8, 4) is 0 Å². The highest BCUT2D eigenvalue weighted by Crippen LogP contribution is 2.19. The highest BCUT2D eigenvalue weighted by molar-refractivity contribution is 7.10. The number of amidine groups is 1. The van der Waals surface area contributed by atoms with Gasteiger partial charge in [-0.05, 0) is 24.3 Å². The molecule has 0 saturated carbocycles. The van der Waals surface area contributed by atoms with Crippen LogP contribution in [0.5, 0.6) is 0 Å². The number of piperidine rings is 1. The number of likely N-dealkylation sites (tertiary alicyclic amines) is 1. The van der Waals surface area contributed by atoms with Gasteiger partial charge in [0.2, 0.25) is 5.91 Å². The number of oxime groups is 1. The van der Waals surface area contributed by atoms with Crippen molar-refractivity contribution in [2.24, 2.45) is 16.8 Å². The minimum Gasteiger partial charge on any atom is -0.409 e. The van der Waals surface area contributed by atoms with Gasteiger partial charge >= 0.3 is 0 Å². The third-order valence-electron chi connectivity index (χ3n) is 3.29. The van der Waals surface area contributed by atoms with Gasteiger partial charge in [-0.2, -0.15) is 0 Å². The molecule has 2 heterocycles. The number of nitrogens with two attached hydrogens (primary N) is 1. The first-order chi connectivity index (χ1) is 8.70. The second kappa shape index (κ2) is 5.86. The quantitative estimate of drug-likeness (QED) is 0.375. The zero-order valence-corrected chi connectivity index (χ0v) is 10.9. The SMILES string of the molecule is NC(=NO)C1CCN(C(=O)Cc2cccs2)CC1. The van der Waals surface area contributed by atoms with Gasteiger partial charge in [0.05, 0.1) is 6.42 Å². The molecule has 1 saturated heterocycles. The van der Waals surface area contributed by atoms with E-state index in [0.29, 0.717) is 19.5 Å². The Morgan fingerprint density at radius 3 is 2.83 bits per heavy atom. The summed E-state index contributed by atoms with van der Waals surface area (Å²) < 4.78 is 0. The molecule has 0 unspecified atom stereocenters. The number of hydrogen-bond acceptors (Lipinski definition) is 4. The monoisotopic (exact) mass is 267 g/mol. The van der Waals surface area contributed by atoms with Crippen LogP contribution in [0.2, 0.25) is 0 Å². The van der Waals surface area contributed by atoms with E-state index in [-0.39, 0.29) is 17.7 Å². The number of hydrogen-bond donors (Lipinski definition) is 2. The summed E-state index contributed by atoms with van der Waals surface area (Å²) in [5, 5.41) is 13.6. The summed E-state index contributed by atoms with van der Waals surface area (Å²) in [7, 11) is 0. The number of carbonyl (C=O) groups excluding carboxylic acids is 1. The molecule has 1 fully saturated rings. The summed E-state index contributed by atoms with van der Waals surface area (Å²) in [4.78, 5) is 15.0. The number of amides is 1. The van der Waals surface area contributed by atoms with E-state index in [2.05, 4.69) is 5.16 Å². The van der Waals surface area contributed by atoms with Gasteiger partial charge in [0.15, 0.2) is 0 Å². The van der Waals surface area contributed by atoms with E-state index in [1.54, 1.807) is 11.3 Å². The molecule has 0 aliphatic carbocycles. The van der Waals surface area contributed by atoms with Crippen LogP contribution in [0.4, 0.5) is 0 Å². The van der Waals surface area contributed by atoms with Gasteiger partial charge < -0.3 is 15.8 Å². The van der Waals surface area contributed by atoms with E-state index in [1.165, 1.54) is 0 Å². The van der Waals surface area contributed by atoms with Crippen molar-refractivity contribution in [2.45, 2.75) is 19.3 Å². The summed E-state index contributed by atoms with van der Waals surface area (Å²) in [5.41, 5.74) is 5.58. The average Bonchev–Trinajstić information content (AvgIpc) is 2.91. The molecule has 0 radical (unpaired) electrons. The Balaban J connectivity index is 1.84. The molecule has 0 spiro atoms. The maximum atomic E-state index is 12.0. The predicted molar refractivity (Wildman–Crippen MR) is 70.7 cm³/mol. The molecular weight excluding hydrogens is 250 g/mol. The van der Waals surface area contributed by atoms with E-state index in [1.807, 2.05) is 22.4 Å². The highest BCUT2D eigenvalue weighted by atomic mass is 32.1. The molecular formula is C12H17N3O2S. The van der Waals surface area contributed by atoms with Crippen LogP contribution in [0, 0.1) is 5.92 Å². The highest BCUT2D eigenvalue weighted by Gasteiger charge is 2.25. The summed E-state index contributed by atoms with van der Waals surface area (Å²) in [6.45, 7) is 1.37. The summed E-state index contributed by atoms with van der Waals surface area (Å²) >= 11 is 1.60. The van der Waals surface area contributed by atoms with Gasteiger partial charge in [0.1, 0.15) is 5.84 Å². The average molecular weight is 267 g/mol. The van der Waals surface area contributed by atoms with Crippen molar-refractivity contribution in [1.82, 2.24) is 4.90 Å². The molecule has 0 bridgehead atoms. The fourth-order valence-electron chi connectivity index (χ4n) is 2.18. The maximum Gasteiger partial charge on any atom is 0.227 e. The lowest BCUT2D eigenvalue weighted by atomic mass is 9.95. The molecule has 3 N–H and O–H groups in total. The smallest absolute Gasteiger partial charge is 0.227 e. The molecule has 2 rings (SSSR count). The topological polar surface area (TPSA) is 78.9 Å². The third-order valence-corrected chi connectivity index (χ3v) is 4.16. The summed E-state index contributed by atoms with van der Waals surface area (Å²) in [6.07, 6.45) is 2.02. The molecule has 1 aliphatic heterocycles. The van der Waals surface area contributed by atoms with Crippen molar-refractivity contribution < 1.29 is 10.0 Å². The van der Waals surface area contributed by atoms with Crippen LogP contribution in [0.3, 0.4) is 0 Å². The van der Waals surface area contributed by atoms with Gasteiger partial charge in [-0.3, -0.25) is 4.79 Å². The van der Waals surface area contributed by atoms with E-state index < -0.39 is 0 Å². The van der Waals surface area contributed by atoms with Crippen LogP contribution in [-0.2, 0) is 11.2 Å². The van der Waals surface area contributed by atoms with Crippen molar-refractivity contribution >= 4 is 23.1 Å². The van der Waals surface area contributed by atoms with Crippen LogP contribution in [0.1, 0.15) is 17.7 Å². The van der Waals surface area contributed by atoms with Crippen LogP contribution < -0.4 is 5.73 Å². The van der Waals surface area contributed by atoms with E-state index in [9.17, 15) is 4.79 Å². The Kier molecular flexibility index (Phi) is 4.19. The number of rotatable bonds is 3. The van der Waals surface area contributed by atoms with Crippen LogP contribution in [0.15, 0.2) is 22.7 Å². The van der Waals surface area contributed by atoms with Gasteiger partial charge in [0, 0.05) is 23.9 Å². The molecule has 0 aromatic carbocycles. The fourth-order valence-corrected chi connectivity index (χ4v) is 2.88. The Morgan fingerprint density at radius 2 is 2.28 bits per heavy atom. The predicted octanol–water partition coefficient (Wildman–Crippen LogP) is 1.28. The first-order valence-electron chi connectivity index (χ1n) is 5.98. The summed E-state index contributed by atoms with van der Waals surface area (Å²) in [6, 6.07) is 3.93. The summed E-state index contributed by atoms with van der Waals surface area (Å²) in [5.74, 6) is 0.538. The van der Waals surface area contributed by atoms with Crippen molar-refractivity contribution in [3.63, 3.8) is 0 Å². The molecule has 1 amide bonds. The van der Waals surface area contributed by atoms with Crippen LogP contribution in [0.25, 0.3) is 0 Å². The molecule has 1 aromatic rings. The molecule has 1 aliphatic rings. The van der Waals surface area contributed by atoms with Gasteiger partial charge in [-0.15, -0.1) is 11.3 Å². The Hall–Kier alpha value is -1.56. The number of carbonyl (C=O) groups is 1. The van der Waals surface area contributed by atoms with Crippen LogP contribution >= 0.6 is 11.3 Å². The Bertz CT molecular complexity index is 423. The van der Waals surface area contributed by atoms with E-state index in [0.717, 1.165) is 17.7 Å². The lowest BCUT2D eigenvalue weighted by molar-refractivity contribution is -0.131. The lowest BCUT2D eigenvalue weighted by Crippen LogP contribution is -2.42. The van der Waals surface area contributed by atoms with Crippen molar-refractivity contribution in [3.05, 3.63) is 22.4 Å².